The maximum Gasteiger partial charge on any atom is 0.238 e. The van der Waals surface area contributed by atoms with Crippen LogP contribution in [-0.2, 0) is 9.59 Å². The zero-order valence-electron chi connectivity index (χ0n) is 18.6. The lowest BCUT2D eigenvalue weighted by atomic mass is 10.1. The number of nitrogens with one attached hydrogen (secondary N) is 2. The van der Waals surface area contributed by atoms with Crippen LogP contribution in [0.4, 0.5) is 11.4 Å². The highest BCUT2D eigenvalue weighted by Gasteiger charge is 2.16. The molecule has 9 heteroatoms. The normalized spacial score (nSPS) is 12.5. The Morgan fingerprint density at radius 2 is 1.70 bits per heavy atom. The van der Waals surface area contributed by atoms with Crippen LogP contribution in [0, 0.1) is 6.92 Å². The van der Waals surface area contributed by atoms with Gasteiger partial charge in [-0.2, -0.15) is 0 Å². The van der Waals surface area contributed by atoms with Crippen molar-refractivity contribution < 1.29 is 19.1 Å². The van der Waals surface area contributed by atoms with E-state index in [1.54, 1.807) is 34.4 Å². The average Bonchev–Trinajstić information content (AvgIpc) is 3.25. The van der Waals surface area contributed by atoms with Gasteiger partial charge in [-0.25, -0.2) is 4.98 Å². The van der Waals surface area contributed by atoms with Crippen LogP contribution in [0.25, 0.3) is 11.3 Å². The number of benzene rings is 2. The van der Waals surface area contributed by atoms with Gasteiger partial charge in [0.15, 0.2) is 11.5 Å². The Morgan fingerprint density at radius 1 is 1.00 bits per heavy atom. The number of hydrogen-bond donors (Lipinski definition) is 2. The van der Waals surface area contributed by atoms with Gasteiger partial charge in [0.25, 0.3) is 0 Å². The van der Waals surface area contributed by atoms with Crippen molar-refractivity contribution in [2.45, 2.75) is 13.8 Å². The SMILES string of the molecule is CCN(CC(=O)Nc1cccc(-c2csc(C)n2)c1)CC(=O)Nc1ccc2c(c1)OCCO2. The summed E-state index contributed by atoms with van der Waals surface area (Å²) in [5, 5.41) is 8.76. The Morgan fingerprint density at radius 3 is 2.36 bits per heavy atom. The largest absolute Gasteiger partial charge is 0.486 e. The number of carbonyl (C=O) groups excluding carboxylic acids is 2. The molecule has 0 saturated heterocycles. The van der Waals surface area contributed by atoms with E-state index in [4.69, 9.17) is 9.47 Å². The lowest BCUT2D eigenvalue weighted by Gasteiger charge is -2.21. The molecule has 0 unspecified atom stereocenters. The third kappa shape index (κ3) is 6.09. The van der Waals surface area contributed by atoms with Gasteiger partial charge in [-0.3, -0.25) is 14.5 Å². The first-order valence-corrected chi connectivity index (χ1v) is 11.6. The highest BCUT2D eigenvalue weighted by molar-refractivity contribution is 7.09. The molecule has 33 heavy (non-hydrogen) atoms. The predicted molar refractivity (Wildman–Crippen MR) is 129 cm³/mol. The van der Waals surface area contributed by atoms with E-state index in [0.717, 1.165) is 16.3 Å². The van der Waals surface area contributed by atoms with Crippen molar-refractivity contribution in [1.82, 2.24) is 9.88 Å². The number of likely N-dealkylation sites (N-methyl/N-ethyl adjacent to an activating group) is 1. The fourth-order valence-corrected chi connectivity index (χ4v) is 4.08. The molecule has 172 valence electrons. The fourth-order valence-electron chi connectivity index (χ4n) is 3.46. The minimum atomic E-state index is -0.206. The third-order valence-electron chi connectivity index (χ3n) is 5.07. The minimum Gasteiger partial charge on any atom is -0.486 e. The van der Waals surface area contributed by atoms with Gasteiger partial charge in [-0.05, 0) is 37.7 Å². The van der Waals surface area contributed by atoms with Gasteiger partial charge in [0, 0.05) is 28.4 Å². The van der Waals surface area contributed by atoms with E-state index in [-0.39, 0.29) is 24.9 Å². The molecule has 0 fully saturated rings. The molecule has 3 aromatic rings. The summed E-state index contributed by atoms with van der Waals surface area (Å²) in [5.74, 6) is 0.888. The van der Waals surface area contributed by atoms with Crippen LogP contribution in [0.5, 0.6) is 11.5 Å². The molecule has 2 amide bonds. The molecular formula is C24H26N4O4S. The average molecular weight is 467 g/mol. The summed E-state index contributed by atoms with van der Waals surface area (Å²) < 4.78 is 11.1. The molecule has 1 aromatic heterocycles. The highest BCUT2D eigenvalue weighted by atomic mass is 32.1. The first-order chi connectivity index (χ1) is 16.0. The second-order valence-corrected chi connectivity index (χ2v) is 8.65. The van der Waals surface area contributed by atoms with E-state index in [1.807, 2.05) is 43.5 Å². The Bertz CT molecular complexity index is 1150. The van der Waals surface area contributed by atoms with Crippen LogP contribution >= 0.6 is 11.3 Å². The topological polar surface area (TPSA) is 92.8 Å². The smallest absolute Gasteiger partial charge is 0.238 e. The van der Waals surface area contributed by atoms with Crippen LogP contribution in [0.15, 0.2) is 47.8 Å². The molecule has 2 aromatic carbocycles. The number of fused-ring (bicyclic) bond motifs is 1. The molecule has 0 bridgehead atoms. The monoisotopic (exact) mass is 466 g/mol. The van der Waals surface area contributed by atoms with Gasteiger partial charge in [-0.15, -0.1) is 11.3 Å². The molecule has 0 atom stereocenters. The van der Waals surface area contributed by atoms with Crippen molar-refractivity contribution in [3.63, 3.8) is 0 Å². The Hall–Kier alpha value is -3.43. The number of rotatable bonds is 8. The number of nitrogens with zero attached hydrogens (tertiary/aromatic N) is 2. The molecule has 0 saturated carbocycles. The maximum atomic E-state index is 12.6. The second kappa shape index (κ2) is 10.5. The molecule has 1 aliphatic rings. The van der Waals surface area contributed by atoms with Crippen LogP contribution < -0.4 is 20.1 Å². The number of anilines is 2. The molecule has 0 spiro atoms. The van der Waals surface area contributed by atoms with Crippen LogP contribution in [0.3, 0.4) is 0 Å². The van der Waals surface area contributed by atoms with Crippen LogP contribution in [0.2, 0.25) is 0 Å². The number of ether oxygens (including phenoxy) is 2. The standard InChI is InChI=1S/C24H26N4O4S/c1-3-28(14-24(30)27-19-7-8-21-22(12-19)32-10-9-31-21)13-23(29)26-18-6-4-5-17(11-18)20-15-33-16(2)25-20/h4-8,11-12,15H,3,9-10,13-14H2,1-2H3,(H,26,29)(H,27,30). The molecule has 0 radical (unpaired) electrons. The lowest BCUT2D eigenvalue weighted by Crippen LogP contribution is -2.38. The van der Waals surface area contributed by atoms with Crippen molar-refractivity contribution in [3.8, 4) is 22.8 Å². The van der Waals surface area contributed by atoms with Gasteiger partial charge in [0.05, 0.1) is 23.8 Å². The number of aromatic nitrogens is 1. The zero-order valence-corrected chi connectivity index (χ0v) is 19.4. The lowest BCUT2D eigenvalue weighted by molar-refractivity contribution is -0.119. The molecule has 1 aliphatic heterocycles. The van der Waals surface area contributed by atoms with Gasteiger partial charge in [0.2, 0.25) is 11.8 Å². The van der Waals surface area contributed by atoms with Crippen molar-refractivity contribution in [2.75, 3.05) is 43.5 Å². The summed E-state index contributed by atoms with van der Waals surface area (Å²) in [6.45, 7) is 5.62. The molecule has 2 N–H and O–H groups in total. The highest BCUT2D eigenvalue weighted by Crippen LogP contribution is 2.32. The predicted octanol–water partition coefficient (Wildman–Crippen LogP) is 3.79. The first-order valence-electron chi connectivity index (χ1n) is 10.7. The molecular weight excluding hydrogens is 440 g/mol. The Labute approximate surface area is 196 Å². The van der Waals surface area contributed by atoms with Crippen molar-refractivity contribution in [3.05, 3.63) is 52.9 Å². The second-order valence-electron chi connectivity index (χ2n) is 7.59. The van der Waals surface area contributed by atoms with Gasteiger partial charge in [0.1, 0.15) is 13.2 Å². The van der Waals surface area contributed by atoms with E-state index in [9.17, 15) is 9.59 Å². The summed E-state index contributed by atoms with van der Waals surface area (Å²) >= 11 is 1.59. The van der Waals surface area contributed by atoms with E-state index in [1.165, 1.54) is 0 Å². The van der Waals surface area contributed by atoms with Crippen LogP contribution in [0.1, 0.15) is 11.9 Å². The first kappa shape index (κ1) is 22.8. The molecule has 4 rings (SSSR count). The number of hydrogen-bond acceptors (Lipinski definition) is 7. The summed E-state index contributed by atoms with van der Waals surface area (Å²) in [6.07, 6.45) is 0. The minimum absolute atomic E-state index is 0.0938. The van der Waals surface area contributed by atoms with E-state index in [0.29, 0.717) is 42.6 Å². The molecule has 2 heterocycles. The number of amides is 2. The molecule has 0 aliphatic carbocycles. The quantitative estimate of drug-likeness (QED) is 0.525. The summed E-state index contributed by atoms with van der Waals surface area (Å²) in [4.78, 5) is 31.4. The number of thiazole rings is 1. The number of aryl methyl sites for hydroxylation is 1. The Kier molecular flexibility index (Phi) is 7.21. The van der Waals surface area contributed by atoms with Crippen molar-refractivity contribution >= 4 is 34.5 Å². The van der Waals surface area contributed by atoms with Gasteiger partial charge >= 0.3 is 0 Å². The van der Waals surface area contributed by atoms with E-state index >= 15 is 0 Å². The summed E-state index contributed by atoms with van der Waals surface area (Å²) in [7, 11) is 0. The fraction of sp³-hybridized carbons (Fsp3) is 0.292. The van der Waals surface area contributed by atoms with Crippen LogP contribution in [-0.4, -0.2) is 54.5 Å². The van der Waals surface area contributed by atoms with Gasteiger partial charge < -0.3 is 20.1 Å². The van der Waals surface area contributed by atoms with Gasteiger partial charge in [-0.1, -0.05) is 19.1 Å². The maximum absolute atomic E-state index is 12.6. The van der Waals surface area contributed by atoms with Crippen molar-refractivity contribution in [1.29, 1.82) is 0 Å². The molecule has 8 nitrogen and oxygen atoms in total. The summed E-state index contributed by atoms with van der Waals surface area (Å²) in [5.41, 5.74) is 3.15. The zero-order chi connectivity index (χ0) is 23.2. The summed E-state index contributed by atoms with van der Waals surface area (Å²) in [6, 6.07) is 12.9. The van der Waals surface area contributed by atoms with E-state index in [2.05, 4.69) is 15.6 Å². The Balaban J connectivity index is 1.31. The number of carbonyl (C=O) groups is 2. The third-order valence-corrected chi connectivity index (χ3v) is 5.84. The van der Waals surface area contributed by atoms with E-state index < -0.39 is 0 Å². The van der Waals surface area contributed by atoms with Crippen molar-refractivity contribution in [2.24, 2.45) is 0 Å².